The second-order valence-corrected chi connectivity index (χ2v) is 6.24. The number of nitrogens with one attached hydrogen (secondary N) is 2. The van der Waals surface area contributed by atoms with E-state index in [1.165, 1.54) is 22.9 Å². The summed E-state index contributed by atoms with van der Waals surface area (Å²) in [5.41, 5.74) is 4.64. The van der Waals surface area contributed by atoms with Gasteiger partial charge in [0.25, 0.3) is 0 Å². The van der Waals surface area contributed by atoms with Crippen molar-refractivity contribution in [3.8, 4) is 0 Å². The molecule has 2 aromatic rings. The Morgan fingerprint density at radius 1 is 1.12 bits per heavy atom. The average Bonchev–Trinajstić information content (AvgIpc) is 2.58. The van der Waals surface area contributed by atoms with Crippen LogP contribution in [-0.2, 0) is 13.0 Å². The number of hydrogen-bond acceptors (Lipinski definition) is 2. The van der Waals surface area contributed by atoms with Gasteiger partial charge < -0.3 is 15.5 Å². The summed E-state index contributed by atoms with van der Waals surface area (Å²) in [6.45, 7) is 3.52. The van der Waals surface area contributed by atoms with Crippen molar-refractivity contribution < 1.29 is 4.39 Å². The molecule has 0 radical (unpaired) electrons. The zero-order valence-corrected chi connectivity index (χ0v) is 15.4. The fraction of sp³-hybridized carbons (Fsp3) is 0.350. The highest BCUT2D eigenvalue weighted by atomic mass is 19.1. The van der Waals surface area contributed by atoms with Crippen molar-refractivity contribution in [2.75, 3.05) is 32.6 Å². The molecule has 4 nitrogen and oxygen atoms in total. The smallest absolute Gasteiger partial charge is 0.191 e. The van der Waals surface area contributed by atoms with Crippen molar-refractivity contribution in [2.24, 2.45) is 4.99 Å². The highest BCUT2D eigenvalue weighted by Gasteiger charge is 2.04. The van der Waals surface area contributed by atoms with Crippen molar-refractivity contribution in [1.82, 2.24) is 10.6 Å². The van der Waals surface area contributed by atoms with Gasteiger partial charge in [0.1, 0.15) is 5.82 Å². The molecule has 5 heteroatoms. The van der Waals surface area contributed by atoms with E-state index in [9.17, 15) is 4.39 Å². The van der Waals surface area contributed by atoms with Crippen LogP contribution in [-0.4, -0.2) is 33.6 Å². The molecule has 0 bridgehead atoms. The molecule has 0 saturated heterocycles. The van der Waals surface area contributed by atoms with E-state index in [1.807, 2.05) is 20.2 Å². The molecule has 0 heterocycles. The van der Waals surface area contributed by atoms with Gasteiger partial charge in [-0.3, -0.25) is 4.99 Å². The van der Waals surface area contributed by atoms with Gasteiger partial charge in [0.2, 0.25) is 0 Å². The Kier molecular flexibility index (Phi) is 6.81. The van der Waals surface area contributed by atoms with Crippen molar-refractivity contribution in [3.05, 3.63) is 65.0 Å². The summed E-state index contributed by atoms with van der Waals surface area (Å²) in [7, 11) is 5.83. The summed E-state index contributed by atoms with van der Waals surface area (Å²) in [6.07, 6.45) is 0.745. The Hall–Kier alpha value is -2.56. The zero-order valence-electron chi connectivity index (χ0n) is 15.4. The molecule has 0 unspecified atom stereocenters. The van der Waals surface area contributed by atoms with E-state index < -0.39 is 0 Å². The molecule has 25 heavy (non-hydrogen) atoms. The van der Waals surface area contributed by atoms with E-state index in [0.717, 1.165) is 17.9 Å². The van der Waals surface area contributed by atoms with Gasteiger partial charge >= 0.3 is 0 Å². The van der Waals surface area contributed by atoms with Crippen molar-refractivity contribution >= 4 is 11.6 Å². The molecule has 134 valence electrons. The van der Waals surface area contributed by atoms with Crippen LogP contribution >= 0.6 is 0 Å². The molecule has 2 aromatic carbocycles. The van der Waals surface area contributed by atoms with Gasteiger partial charge in [-0.25, -0.2) is 4.39 Å². The maximum atomic E-state index is 13.2. The van der Waals surface area contributed by atoms with Crippen LogP contribution in [0.3, 0.4) is 0 Å². The lowest BCUT2D eigenvalue weighted by Crippen LogP contribution is -2.38. The lowest BCUT2D eigenvalue weighted by atomic mass is 10.1. The number of anilines is 1. The number of rotatable bonds is 6. The standard InChI is InChI=1S/C20H27FN4/c1-15-12-19(25(3)4)9-8-17(15)14-24-20(22-2)23-11-10-16-6-5-7-18(21)13-16/h5-9,12-13H,10-11,14H2,1-4H3,(H2,22,23,24). The Labute approximate surface area is 149 Å². The zero-order chi connectivity index (χ0) is 18.2. The van der Waals surface area contributed by atoms with E-state index in [0.29, 0.717) is 13.1 Å². The first-order chi connectivity index (χ1) is 12.0. The van der Waals surface area contributed by atoms with E-state index in [-0.39, 0.29) is 5.82 Å². The molecule has 0 atom stereocenters. The van der Waals surface area contributed by atoms with Crippen LogP contribution in [0, 0.1) is 12.7 Å². The van der Waals surface area contributed by atoms with Crippen LogP contribution < -0.4 is 15.5 Å². The lowest BCUT2D eigenvalue weighted by molar-refractivity contribution is 0.625. The van der Waals surface area contributed by atoms with Gasteiger partial charge in [0, 0.05) is 39.9 Å². The quantitative estimate of drug-likeness (QED) is 0.626. The SMILES string of the molecule is CN=C(NCCc1cccc(F)c1)NCc1ccc(N(C)C)cc1C. The number of nitrogens with zero attached hydrogens (tertiary/aromatic N) is 2. The first kappa shape index (κ1) is 18.8. The van der Waals surface area contributed by atoms with Gasteiger partial charge in [-0.15, -0.1) is 0 Å². The van der Waals surface area contributed by atoms with Crippen LogP contribution in [0.25, 0.3) is 0 Å². The average molecular weight is 342 g/mol. The monoisotopic (exact) mass is 342 g/mol. The molecule has 0 amide bonds. The Morgan fingerprint density at radius 2 is 1.92 bits per heavy atom. The molecule has 0 saturated carbocycles. The van der Waals surface area contributed by atoms with E-state index in [2.05, 4.69) is 45.6 Å². The summed E-state index contributed by atoms with van der Waals surface area (Å²) in [4.78, 5) is 6.33. The number of aryl methyl sites for hydroxylation is 1. The Morgan fingerprint density at radius 3 is 2.56 bits per heavy atom. The van der Waals surface area contributed by atoms with Gasteiger partial charge in [-0.1, -0.05) is 18.2 Å². The van der Waals surface area contributed by atoms with Crippen molar-refractivity contribution in [2.45, 2.75) is 19.9 Å². The van der Waals surface area contributed by atoms with Crippen molar-refractivity contribution in [1.29, 1.82) is 0 Å². The largest absolute Gasteiger partial charge is 0.378 e. The predicted octanol–water partition coefficient (Wildman–Crippen LogP) is 3.11. The number of guanidine groups is 1. The maximum absolute atomic E-state index is 13.2. The van der Waals surface area contributed by atoms with Crippen LogP contribution in [0.2, 0.25) is 0 Å². The summed E-state index contributed by atoms with van der Waals surface area (Å²) in [6, 6.07) is 13.1. The Bertz CT molecular complexity index is 725. The normalized spacial score (nSPS) is 11.3. The number of aliphatic imine (C=N–C) groups is 1. The van der Waals surface area contributed by atoms with Crippen molar-refractivity contribution in [3.63, 3.8) is 0 Å². The van der Waals surface area contributed by atoms with Gasteiger partial charge in [-0.2, -0.15) is 0 Å². The first-order valence-corrected chi connectivity index (χ1v) is 8.45. The lowest BCUT2D eigenvalue weighted by Gasteiger charge is -2.16. The molecule has 2 N–H and O–H groups in total. The van der Waals surface area contributed by atoms with E-state index in [4.69, 9.17) is 0 Å². The summed E-state index contributed by atoms with van der Waals surface area (Å²) < 4.78 is 13.2. The summed E-state index contributed by atoms with van der Waals surface area (Å²) >= 11 is 0. The molecule has 0 aliphatic heterocycles. The topological polar surface area (TPSA) is 39.7 Å². The minimum atomic E-state index is -0.198. The molecule has 0 spiro atoms. The van der Waals surface area contributed by atoms with Crippen LogP contribution in [0.15, 0.2) is 47.5 Å². The number of benzene rings is 2. The third-order valence-corrected chi connectivity index (χ3v) is 4.11. The molecule has 0 aliphatic carbocycles. The summed E-state index contributed by atoms with van der Waals surface area (Å²) in [5, 5.41) is 6.59. The second-order valence-electron chi connectivity index (χ2n) is 6.24. The number of halogens is 1. The van der Waals surface area contributed by atoms with Gasteiger partial charge in [0.15, 0.2) is 5.96 Å². The number of hydrogen-bond donors (Lipinski definition) is 2. The minimum absolute atomic E-state index is 0.198. The molecular formula is C20H27FN4. The molecule has 0 aromatic heterocycles. The molecule has 0 fully saturated rings. The van der Waals surface area contributed by atoms with Gasteiger partial charge in [0.05, 0.1) is 0 Å². The first-order valence-electron chi connectivity index (χ1n) is 8.45. The Balaban J connectivity index is 1.84. The fourth-order valence-corrected chi connectivity index (χ4v) is 2.57. The fourth-order valence-electron chi connectivity index (χ4n) is 2.57. The molecule has 0 aliphatic rings. The van der Waals surface area contributed by atoms with Gasteiger partial charge in [-0.05, 0) is 54.3 Å². The highest BCUT2D eigenvalue weighted by Crippen LogP contribution is 2.17. The minimum Gasteiger partial charge on any atom is -0.378 e. The highest BCUT2D eigenvalue weighted by molar-refractivity contribution is 5.79. The molecule has 2 rings (SSSR count). The second kappa shape index (κ2) is 9.06. The molecular weight excluding hydrogens is 315 g/mol. The third kappa shape index (κ3) is 5.78. The third-order valence-electron chi connectivity index (χ3n) is 4.11. The van der Waals surface area contributed by atoms with E-state index >= 15 is 0 Å². The summed E-state index contributed by atoms with van der Waals surface area (Å²) in [5.74, 6) is 0.546. The van der Waals surface area contributed by atoms with Crippen LogP contribution in [0.5, 0.6) is 0 Å². The van der Waals surface area contributed by atoms with E-state index in [1.54, 1.807) is 19.2 Å². The predicted molar refractivity (Wildman–Crippen MR) is 104 cm³/mol. The van der Waals surface area contributed by atoms with Crippen LogP contribution in [0.1, 0.15) is 16.7 Å². The van der Waals surface area contributed by atoms with Crippen LogP contribution in [0.4, 0.5) is 10.1 Å². The maximum Gasteiger partial charge on any atom is 0.191 e.